The Labute approximate surface area is 150 Å². The van der Waals surface area contributed by atoms with Crippen molar-refractivity contribution in [2.45, 2.75) is 11.9 Å². The van der Waals surface area contributed by atoms with Crippen molar-refractivity contribution in [3.63, 3.8) is 0 Å². The highest BCUT2D eigenvalue weighted by molar-refractivity contribution is 6.21. The van der Waals surface area contributed by atoms with Crippen molar-refractivity contribution in [1.82, 2.24) is 10.1 Å². The molecule has 0 bridgehead atoms. The first-order valence-corrected chi connectivity index (χ1v) is 7.81. The van der Waals surface area contributed by atoms with E-state index in [0.717, 1.165) is 5.56 Å². The lowest BCUT2D eigenvalue weighted by Crippen LogP contribution is -2.39. The normalized spacial score (nSPS) is 11.7. The van der Waals surface area contributed by atoms with Gasteiger partial charge in [-0.2, -0.15) is 13.8 Å². The quantitative estimate of drug-likeness (QED) is 0.517. The SMILES string of the molecule is CN(C)c1c(NCc2ccc(-c3noc(C(F)(F)Cl)n3)cc2)c(=O)c1=O. The Hall–Kier alpha value is -2.81. The number of rotatable bonds is 6. The van der Waals surface area contributed by atoms with E-state index in [1.807, 2.05) is 0 Å². The zero-order valence-corrected chi connectivity index (χ0v) is 14.5. The van der Waals surface area contributed by atoms with E-state index in [-0.39, 0.29) is 11.5 Å². The maximum Gasteiger partial charge on any atom is 0.400 e. The zero-order chi connectivity index (χ0) is 19.1. The van der Waals surface area contributed by atoms with Crippen molar-refractivity contribution in [2.75, 3.05) is 24.3 Å². The molecule has 10 heteroatoms. The second-order valence-electron chi connectivity index (χ2n) is 5.75. The Morgan fingerprint density at radius 2 is 1.85 bits per heavy atom. The summed E-state index contributed by atoms with van der Waals surface area (Å²) in [6.07, 6.45) is 0. The van der Waals surface area contributed by atoms with E-state index in [4.69, 9.17) is 11.6 Å². The molecule has 0 saturated carbocycles. The highest BCUT2D eigenvalue weighted by Gasteiger charge is 2.35. The second-order valence-corrected chi connectivity index (χ2v) is 6.22. The first-order valence-electron chi connectivity index (χ1n) is 7.43. The minimum absolute atomic E-state index is 0.0165. The topological polar surface area (TPSA) is 88.3 Å². The van der Waals surface area contributed by atoms with Gasteiger partial charge in [0.1, 0.15) is 11.4 Å². The minimum Gasteiger partial charge on any atom is -0.376 e. The molecule has 0 atom stereocenters. The average Bonchev–Trinajstić information content (AvgIpc) is 3.08. The van der Waals surface area contributed by atoms with Gasteiger partial charge in [0.15, 0.2) is 0 Å². The van der Waals surface area contributed by atoms with Crippen LogP contribution in [0.1, 0.15) is 11.5 Å². The molecule has 3 aromatic rings. The lowest BCUT2D eigenvalue weighted by molar-refractivity contribution is 0.0551. The number of nitrogens with zero attached hydrogens (tertiary/aromatic N) is 3. The zero-order valence-electron chi connectivity index (χ0n) is 13.7. The fourth-order valence-electron chi connectivity index (χ4n) is 2.39. The van der Waals surface area contributed by atoms with Crippen molar-refractivity contribution in [2.24, 2.45) is 0 Å². The number of aromatic nitrogens is 2. The predicted molar refractivity (Wildman–Crippen MR) is 92.5 cm³/mol. The fourth-order valence-corrected chi connectivity index (χ4v) is 2.47. The Balaban J connectivity index is 1.71. The molecule has 7 nitrogen and oxygen atoms in total. The Bertz CT molecular complexity index is 1000. The molecular weight excluding hydrogens is 370 g/mol. The Morgan fingerprint density at radius 1 is 1.19 bits per heavy atom. The lowest BCUT2D eigenvalue weighted by atomic mass is 10.1. The van der Waals surface area contributed by atoms with Gasteiger partial charge in [-0.25, -0.2) is 0 Å². The second kappa shape index (κ2) is 6.49. The van der Waals surface area contributed by atoms with E-state index in [1.54, 1.807) is 43.3 Å². The van der Waals surface area contributed by atoms with Crippen molar-refractivity contribution < 1.29 is 13.3 Å². The van der Waals surface area contributed by atoms with E-state index in [1.165, 1.54) is 0 Å². The molecule has 0 aliphatic heterocycles. The molecule has 1 aromatic heterocycles. The Morgan fingerprint density at radius 3 is 2.38 bits per heavy atom. The summed E-state index contributed by atoms with van der Waals surface area (Å²) >= 11 is 4.83. The van der Waals surface area contributed by atoms with Crippen LogP contribution in [0.4, 0.5) is 20.2 Å². The lowest BCUT2D eigenvalue weighted by Gasteiger charge is -2.19. The standard InChI is InChI=1S/C16H13ClF2N4O3/c1-23(2)11-10(12(24)13(11)25)20-7-8-3-5-9(6-4-8)14-21-15(26-22-14)16(17,18)19/h3-6,20H,7H2,1-2H3. The number of anilines is 2. The molecule has 0 aliphatic rings. The van der Waals surface area contributed by atoms with Crippen molar-refractivity contribution in [3.8, 4) is 11.4 Å². The van der Waals surface area contributed by atoms with Gasteiger partial charge in [0.25, 0.3) is 10.9 Å². The smallest absolute Gasteiger partial charge is 0.376 e. The molecule has 1 heterocycles. The third kappa shape index (κ3) is 3.30. The summed E-state index contributed by atoms with van der Waals surface area (Å²) in [4.78, 5) is 28.3. The minimum atomic E-state index is -3.72. The number of nitrogens with one attached hydrogen (secondary N) is 1. The summed E-state index contributed by atoms with van der Waals surface area (Å²) in [6, 6.07) is 6.65. The maximum atomic E-state index is 12.9. The number of alkyl halides is 3. The van der Waals surface area contributed by atoms with Gasteiger partial charge in [-0.15, -0.1) is 0 Å². The third-order valence-electron chi connectivity index (χ3n) is 3.68. The maximum absolute atomic E-state index is 12.9. The van der Waals surface area contributed by atoms with E-state index in [9.17, 15) is 18.4 Å². The van der Waals surface area contributed by atoms with Crippen LogP contribution in [0.5, 0.6) is 0 Å². The highest BCUT2D eigenvalue weighted by Crippen LogP contribution is 2.32. The number of halogens is 3. The van der Waals surface area contributed by atoms with Crippen LogP contribution in [-0.4, -0.2) is 24.2 Å². The first kappa shape index (κ1) is 18.0. The van der Waals surface area contributed by atoms with E-state index in [0.29, 0.717) is 17.8 Å². The largest absolute Gasteiger partial charge is 0.400 e. The third-order valence-corrected chi connectivity index (χ3v) is 3.84. The van der Waals surface area contributed by atoms with Crippen LogP contribution >= 0.6 is 11.6 Å². The molecular formula is C16H13ClF2N4O3. The predicted octanol–water partition coefficient (Wildman–Crippen LogP) is 2.30. The number of hydrogen-bond acceptors (Lipinski definition) is 7. The van der Waals surface area contributed by atoms with Gasteiger partial charge in [-0.05, 0) is 17.2 Å². The van der Waals surface area contributed by atoms with Crippen LogP contribution in [0.3, 0.4) is 0 Å². The molecule has 0 aliphatic carbocycles. The molecule has 0 saturated heterocycles. The van der Waals surface area contributed by atoms with Gasteiger partial charge in [-0.1, -0.05) is 29.4 Å². The summed E-state index contributed by atoms with van der Waals surface area (Å²) in [5.41, 5.74) is 0.818. The summed E-state index contributed by atoms with van der Waals surface area (Å²) in [5.74, 6) is -0.992. The summed E-state index contributed by atoms with van der Waals surface area (Å²) in [5, 5.41) is 2.67. The molecule has 0 amide bonds. The van der Waals surface area contributed by atoms with Gasteiger partial charge in [0.2, 0.25) is 5.82 Å². The van der Waals surface area contributed by atoms with Gasteiger partial charge in [0.05, 0.1) is 0 Å². The van der Waals surface area contributed by atoms with Crippen LogP contribution < -0.4 is 21.1 Å². The average molecular weight is 383 g/mol. The first-order chi connectivity index (χ1) is 12.2. The molecule has 0 spiro atoms. The van der Waals surface area contributed by atoms with Gasteiger partial charge in [-0.3, -0.25) is 9.59 Å². The van der Waals surface area contributed by atoms with Gasteiger partial charge >= 0.3 is 11.3 Å². The van der Waals surface area contributed by atoms with Crippen LogP contribution in [0.2, 0.25) is 0 Å². The van der Waals surface area contributed by atoms with Crippen LogP contribution in [-0.2, 0) is 11.9 Å². The van der Waals surface area contributed by atoms with Crippen molar-refractivity contribution >= 4 is 23.0 Å². The van der Waals surface area contributed by atoms with E-state index in [2.05, 4.69) is 20.0 Å². The molecule has 26 heavy (non-hydrogen) atoms. The summed E-state index contributed by atoms with van der Waals surface area (Å²) in [7, 11) is 3.36. The van der Waals surface area contributed by atoms with E-state index >= 15 is 0 Å². The molecule has 0 fully saturated rings. The van der Waals surface area contributed by atoms with Gasteiger partial charge < -0.3 is 14.7 Å². The van der Waals surface area contributed by atoms with Gasteiger partial charge in [0, 0.05) is 26.2 Å². The monoisotopic (exact) mass is 382 g/mol. The molecule has 3 rings (SSSR count). The summed E-state index contributed by atoms with van der Waals surface area (Å²) < 4.78 is 30.3. The summed E-state index contributed by atoms with van der Waals surface area (Å²) in [6.45, 7) is 0.309. The number of hydrogen-bond donors (Lipinski definition) is 1. The van der Waals surface area contributed by atoms with Crippen LogP contribution in [0, 0.1) is 0 Å². The van der Waals surface area contributed by atoms with Crippen LogP contribution in [0.15, 0.2) is 38.4 Å². The van der Waals surface area contributed by atoms with Crippen LogP contribution in [0.25, 0.3) is 11.4 Å². The number of benzene rings is 1. The molecule has 2 aromatic carbocycles. The molecule has 1 N–H and O–H groups in total. The highest BCUT2D eigenvalue weighted by atomic mass is 35.5. The molecule has 0 radical (unpaired) electrons. The molecule has 136 valence electrons. The Kier molecular flexibility index (Phi) is 4.49. The van der Waals surface area contributed by atoms with Crippen molar-refractivity contribution in [3.05, 3.63) is 56.2 Å². The fraction of sp³-hybridized carbons (Fsp3) is 0.250. The molecule has 0 unspecified atom stereocenters. The van der Waals surface area contributed by atoms with Crippen molar-refractivity contribution in [1.29, 1.82) is 0 Å². The van der Waals surface area contributed by atoms with E-state index < -0.39 is 22.1 Å².